The molecule has 0 amide bonds. The van der Waals surface area contributed by atoms with Gasteiger partial charge in [0.15, 0.2) is 0 Å². The van der Waals surface area contributed by atoms with Crippen molar-refractivity contribution in [2.24, 2.45) is 0 Å². The highest BCUT2D eigenvalue weighted by molar-refractivity contribution is 6.38. The number of benzene rings is 6. The molecule has 0 aliphatic carbocycles. The van der Waals surface area contributed by atoms with E-state index in [-0.39, 0.29) is 49.2 Å². The second kappa shape index (κ2) is 9.35. The van der Waals surface area contributed by atoms with Crippen LogP contribution in [0.25, 0.3) is 43.1 Å². The van der Waals surface area contributed by atoms with E-state index in [1.165, 1.54) is 30.3 Å². The maximum absolute atomic E-state index is 12.6. The molecule has 0 saturated heterocycles. The van der Waals surface area contributed by atoms with Gasteiger partial charge in [-0.1, -0.05) is 39.0 Å². The summed E-state index contributed by atoms with van der Waals surface area (Å²) in [6.45, 7) is 6.15. The number of carbonyl (C=O) groups is 2. The van der Waals surface area contributed by atoms with Gasteiger partial charge in [-0.3, -0.25) is 20.2 Å². The molecule has 0 saturated carbocycles. The minimum Gasteiger partial charge on any atom is -0.478 e. The Kier molecular flexibility index (Phi) is 5.94. The van der Waals surface area contributed by atoms with E-state index in [0.29, 0.717) is 21.9 Å². The molecule has 2 N–H and O–H groups in total. The molecule has 11 nitrogen and oxygen atoms in total. The lowest BCUT2D eigenvalue weighted by atomic mass is 9.85. The monoisotopic (exact) mass is 578 g/mol. The Balaban J connectivity index is 1.84. The first-order valence-corrected chi connectivity index (χ1v) is 13.1. The number of nitro groups is 2. The zero-order valence-corrected chi connectivity index (χ0v) is 23.0. The lowest BCUT2D eigenvalue weighted by Gasteiger charge is -2.21. The summed E-state index contributed by atoms with van der Waals surface area (Å²) < 4.78 is 6.28. The van der Waals surface area contributed by atoms with E-state index in [0.717, 1.165) is 17.7 Å². The van der Waals surface area contributed by atoms with Crippen LogP contribution in [0.15, 0.2) is 66.7 Å². The van der Waals surface area contributed by atoms with Gasteiger partial charge in [-0.15, -0.1) is 0 Å². The number of ether oxygens (including phenoxy) is 1. The van der Waals surface area contributed by atoms with Crippen LogP contribution in [0.4, 0.5) is 11.4 Å². The Bertz CT molecular complexity index is 2180. The first-order valence-electron chi connectivity index (χ1n) is 13.1. The van der Waals surface area contributed by atoms with Crippen LogP contribution in [0, 0.1) is 20.2 Å². The fourth-order valence-corrected chi connectivity index (χ4v) is 5.81. The molecular weight excluding hydrogens is 556 g/mol. The van der Waals surface area contributed by atoms with E-state index in [9.17, 15) is 40.0 Å². The fraction of sp³-hybridized carbons (Fsp3) is 0.125. The molecule has 0 spiro atoms. The molecule has 0 aromatic heterocycles. The second-order valence-electron chi connectivity index (χ2n) is 11.2. The van der Waals surface area contributed by atoms with E-state index in [1.807, 2.05) is 32.9 Å². The molecular formula is C32H22N2O9. The Morgan fingerprint density at radius 2 is 1.19 bits per heavy atom. The van der Waals surface area contributed by atoms with Crippen molar-refractivity contribution in [3.05, 3.63) is 104 Å². The number of aromatic carboxylic acids is 2. The third-order valence-corrected chi connectivity index (χ3v) is 7.73. The summed E-state index contributed by atoms with van der Waals surface area (Å²) in [4.78, 5) is 47.5. The maximum atomic E-state index is 12.6. The summed E-state index contributed by atoms with van der Waals surface area (Å²) in [5.74, 6) is -2.33. The van der Waals surface area contributed by atoms with Crippen molar-refractivity contribution in [2.45, 2.75) is 26.2 Å². The molecule has 6 aromatic carbocycles. The predicted octanol–water partition coefficient (Wildman–Crippen LogP) is 8.04. The second-order valence-corrected chi connectivity index (χ2v) is 11.2. The van der Waals surface area contributed by atoms with Gasteiger partial charge in [0.05, 0.1) is 21.0 Å². The fourth-order valence-electron chi connectivity index (χ4n) is 5.81. The van der Waals surface area contributed by atoms with E-state index < -0.39 is 33.2 Å². The number of hydrogen-bond donors (Lipinski definition) is 2. The highest BCUT2D eigenvalue weighted by atomic mass is 16.6. The largest absolute Gasteiger partial charge is 0.478 e. The van der Waals surface area contributed by atoms with E-state index in [4.69, 9.17) is 4.74 Å². The molecule has 43 heavy (non-hydrogen) atoms. The molecule has 0 heterocycles. The minimum absolute atomic E-state index is 0.0458. The standard InChI is InChI=1S/C32H22N2O9/c1-32(2,3)15-4-6-16(7-5-15)43-24-14-21(31(37)38)26-20(30(35)36)9-8-18-17-10-12-22(33(39)40)29-23(34(41)42)13-11-19(25(17)29)27(24)28(18)26/h4-14H,1-3H3,(H,35,36)(H,37,38). The molecule has 214 valence electrons. The number of nitro benzene ring substituents is 2. The number of carboxylic acids is 2. The number of fused-ring (bicyclic) bond motifs is 2. The molecule has 0 aliphatic rings. The highest BCUT2D eigenvalue weighted by Gasteiger charge is 2.30. The van der Waals surface area contributed by atoms with Gasteiger partial charge in [0, 0.05) is 33.7 Å². The third-order valence-electron chi connectivity index (χ3n) is 7.73. The average molecular weight is 579 g/mol. The average Bonchev–Trinajstić information content (AvgIpc) is 2.94. The summed E-state index contributed by atoms with van der Waals surface area (Å²) in [5.41, 5.74) is -0.648. The van der Waals surface area contributed by atoms with Crippen molar-refractivity contribution < 1.29 is 34.4 Å². The summed E-state index contributed by atoms with van der Waals surface area (Å²) >= 11 is 0. The molecule has 0 radical (unpaired) electrons. The van der Waals surface area contributed by atoms with Gasteiger partial charge in [-0.05, 0) is 63.5 Å². The smallest absolute Gasteiger partial charge is 0.336 e. The molecule has 6 rings (SSSR count). The molecule has 0 aliphatic heterocycles. The van der Waals surface area contributed by atoms with Crippen molar-refractivity contribution in [3.8, 4) is 11.5 Å². The Morgan fingerprint density at radius 1 is 0.651 bits per heavy atom. The van der Waals surface area contributed by atoms with Crippen LogP contribution in [0.5, 0.6) is 11.5 Å². The topological polar surface area (TPSA) is 170 Å². The maximum Gasteiger partial charge on any atom is 0.336 e. The van der Waals surface area contributed by atoms with Gasteiger partial charge in [0.2, 0.25) is 0 Å². The number of non-ortho nitro benzene ring substituents is 2. The number of rotatable bonds is 6. The van der Waals surface area contributed by atoms with Crippen LogP contribution in [0.3, 0.4) is 0 Å². The third kappa shape index (κ3) is 4.12. The van der Waals surface area contributed by atoms with Crippen molar-refractivity contribution in [1.29, 1.82) is 0 Å². The van der Waals surface area contributed by atoms with Crippen molar-refractivity contribution in [2.75, 3.05) is 0 Å². The SMILES string of the molecule is CC(C)(C)c1ccc(Oc2cc(C(=O)O)c3c(C(=O)O)ccc4c5ccc([N+](=O)[O-])c6c([N+](=O)[O-])ccc(c2c34)c65)cc1. The minimum atomic E-state index is -1.39. The predicted molar refractivity (Wildman–Crippen MR) is 160 cm³/mol. The number of carboxylic acid groups (broad SMARTS) is 2. The van der Waals surface area contributed by atoms with Gasteiger partial charge in [-0.2, -0.15) is 0 Å². The molecule has 6 aromatic rings. The van der Waals surface area contributed by atoms with Crippen molar-refractivity contribution in [1.82, 2.24) is 0 Å². The van der Waals surface area contributed by atoms with Crippen molar-refractivity contribution >= 4 is 66.4 Å². The van der Waals surface area contributed by atoms with Gasteiger partial charge in [0.1, 0.15) is 16.9 Å². The summed E-state index contributed by atoms with van der Waals surface area (Å²) in [6.07, 6.45) is 0. The van der Waals surface area contributed by atoms with Gasteiger partial charge in [-0.25, -0.2) is 9.59 Å². The van der Waals surface area contributed by atoms with Gasteiger partial charge < -0.3 is 14.9 Å². The molecule has 0 atom stereocenters. The molecule has 11 heteroatoms. The van der Waals surface area contributed by atoms with Crippen LogP contribution in [-0.2, 0) is 5.41 Å². The summed E-state index contributed by atoms with van der Waals surface area (Å²) in [5, 5.41) is 45.8. The van der Waals surface area contributed by atoms with Gasteiger partial charge in [0.25, 0.3) is 11.4 Å². The Labute approximate surface area is 242 Å². The Morgan fingerprint density at radius 3 is 1.72 bits per heavy atom. The van der Waals surface area contributed by atoms with Gasteiger partial charge >= 0.3 is 11.9 Å². The van der Waals surface area contributed by atoms with Crippen molar-refractivity contribution in [3.63, 3.8) is 0 Å². The normalized spacial score (nSPS) is 11.9. The van der Waals surface area contributed by atoms with Crippen LogP contribution in [-0.4, -0.2) is 32.0 Å². The van der Waals surface area contributed by atoms with E-state index in [1.54, 1.807) is 12.1 Å². The lowest BCUT2D eigenvalue weighted by molar-refractivity contribution is -0.390. The molecule has 0 bridgehead atoms. The summed E-state index contributed by atoms with van der Waals surface area (Å²) in [7, 11) is 0. The Hall–Kier alpha value is -5.84. The molecule has 0 unspecified atom stereocenters. The zero-order chi connectivity index (χ0) is 31.0. The lowest BCUT2D eigenvalue weighted by Crippen LogP contribution is -2.10. The first-order chi connectivity index (χ1) is 20.3. The highest BCUT2D eigenvalue weighted by Crippen LogP contribution is 2.50. The van der Waals surface area contributed by atoms with Crippen LogP contribution < -0.4 is 4.74 Å². The van der Waals surface area contributed by atoms with Crippen LogP contribution in [0.1, 0.15) is 47.1 Å². The van der Waals surface area contributed by atoms with E-state index >= 15 is 0 Å². The molecule has 0 fully saturated rings. The number of nitrogens with zero attached hydrogens (tertiary/aromatic N) is 2. The zero-order valence-electron chi connectivity index (χ0n) is 23.0. The number of hydrogen-bond acceptors (Lipinski definition) is 7. The summed E-state index contributed by atoms with van der Waals surface area (Å²) in [6, 6.07) is 16.3. The quantitative estimate of drug-likeness (QED) is 0.0859. The van der Waals surface area contributed by atoms with Crippen LogP contribution >= 0.6 is 0 Å². The van der Waals surface area contributed by atoms with Crippen LogP contribution in [0.2, 0.25) is 0 Å². The van der Waals surface area contributed by atoms with E-state index in [2.05, 4.69) is 0 Å². The first kappa shape index (κ1) is 27.3.